The molecule has 0 amide bonds. The summed E-state index contributed by atoms with van der Waals surface area (Å²) in [7, 11) is 0. The van der Waals surface area contributed by atoms with Crippen LogP contribution in [-0.2, 0) is 16.1 Å². The number of hydrazine groups is 1. The Hall–Kier alpha value is -1.99. The Balaban J connectivity index is 1.85. The molecule has 1 aromatic carbocycles. The lowest BCUT2D eigenvalue weighted by molar-refractivity contribution is -0.384. The van der Waals surface area contributed by atoms with Crippen LogP contribution in [0, 0.1) is 16.0 Å². The summed E-state index contributed by atoms with van der Waals surface area (Å²) in [5.74, 6) is 5.13. The number of nitrogens with two attached hydrogens (primary N) is 1. The number of hydrogen-bond acceptors (Lipinski definition) is 6. The van der Waals surface area contributed by atoms with Crippen molar-refractivity contribution in [1.29, 1.82) is 0 Å². The first-order valence-electron chi connectivity index (χ1n) is 5.96. The number of carbonyl (C=O) groups excluding carboxylic acids is 1. The molecule has 1 aliphatic rings. The molecule has 1 atom stereocenters. The summed E-state index contributed by atoms with van der Waals surface area (Å²) in [6.07, 6.45) is 0.704. The molecule has 0 bridgehead atoms. The van der Waals surface area contributed by atoms with Crippen molar-refractivity contribution in [2.45, 2.75) is 13.0 Å². The van der Waals surface area contributed by atoms with E-state index in [2.05, 4.69) is 0 Å². The molecule has 2 rings (SSSR count). The summed E-state index contributed by atoms with van der Waals surface area (Å²) in [6.45, 7) is 1.33. The molecule has 0 aliphatic carbocycles. The highest BCUT2D eigenvalue weighted by Gasteiger charge is 2.27. The Labute approximate surface area is 110 Å². The molecule has 1 aromatic rings. The Kier molecular flexibility index (Phi) is 4.08. The number of carbonyl (C=O) groups is 1. The van der Waals surface area contributed by atoms with Gasteiger partial charge in [-0.15, -0.1) is 0 Å². The van der Waals surface area contributed by atoms with Crippen molar-refractivity contribution >= 4 is 11.7 Å². The van der Waals surface area contributed by atoms with Gasteiger partial charge in [0, 0.05) is 25.2 Å². The maximum absolute atomic E-state index is 11.7. The van der Waals surface area contributed by atoms with Crippen LogP contribution in [0.4, 0.5) is 5.69 Å². The van der Waals surface area contributed by atoms with Crippen LogP contribution in [0.5, 0.6) is 0 Å². The summed E-state index contributed by atoms with van der Waals surface area (Å²) in [5, 5.41) is 12.1. The first-order chi connectivity index (χ1) is 9.06. The van der Waals surface area contributed by atoms with Gasteiger partial charge in [0.05, 0.1) is 10.8 Å². The smallest absolute Gasteiger partial charge is 0.310 e. The molecule has 0 unspecified atom stereocenters. The van der Waals surface area contributed by atoms with E-state index in [0.29, 0.717) is 19.5 Å². The van der Waals surface area contributed by atoms with E-state index in [1.807, 2.05) is 0 Å². The minimum atomic E-state index is -0.468. The summed E-state index contributed by atoms with van der Waals surface area (Å²) >= 11 is 0. The second-order valence-electron chi connectivity index (χ2n) is 4.51. The number of nitrogens with zero attached hydrogens (tertiary/aromatic N) is 2. The first-order valence-corrected chi connectivity index (χ1v) is 5.96. The normalized spacial score (nSPS) is 19.3. The molecule has 7 nitrogen and oxygen atoms in total. The molecular formula is C12H15N3O4. The second-order valence-corrected chi connectivity index (χ2v) is 4.51. The summed E-state index contributed by atoms with van der Waals surface area (Å²) < 4.78 is 5.17. The maximum atomic E-state index is 11.7. The van der Waals surface area contributed by atoms with E-state index in [1.54, 1.807) is 17.1 Å². The molecule has 1 aliphatic heterocycles. The van der Waals surface area contributed by atoms with Crippen LogP contribution >= 0.6 is 0 Å². The molecule has 1 heterocycles. The molecular weight excluding hydrogens is 250 g/mol. The molecule has 0 aromatic heterocycles. The number of nitro benzene ring substituents is 1. The van der Waals surface area contributed by atoms with E-state index >= 15 is 0 Å². The molecule has 0 spiro atoms. The summed E-state index contributed by atoms with van der Waals surface area (Å²) in [6, 6.07) is 5.94. The molecule has 1 fully saturated rings. The Morgan fingerprint density at radius 2 is 2.16 bits per heavy atom. The second kappa shape index (κ2) is 5.77. The van der Waals surface area contributed by atoms with E-state index < -0.39 is 4.92 Å². The van der Waals surface area contributed by atoms with Gasteiger partial charge < -0.3 is 4.74 Å². The number of hydrogen-bond donors (Lipinski definition) is 1. The highest BCUT2D eigenvalue weighted by atomic mass is 16.6. The molecule has 0 radical (unpaired) electrons. The molecule has 19 heavy (non-hydrogen) atoms. The maximum Gasteiger partial charge on any atom is 0.310 e. The third kappa shape index (κ3) is 3.49. The van der Waals surface area contributed by atoms with Gasteiger partial charge in [-0.1, -0.05) is 0 Å². The van der Waals surface area contributed by atoms with Gasteiger partial charge in [0.1, 0.15) is 6.61 Å². The van der Waals surface area contributed by atoms with E-state index in [4.69, 9.17) is 10.6 Å². The third-order valence-electron chi connectivity index (χ3n) is 3.08. The van der Waals surface area contributed by atoms with Crippen molar-refractivity contribution in [3.8, 4) is 0 Å². The van der Waals surface area contributed by atoms with Crippen molar-refractivity contribution in [3.63, 3.8) is 0 Å². The lowest BCUT2D eigenvalue weighted by Gasteiger charge is -2.10. The van der Waals surface area contributed by atoms with Crippen molar-refractivity contribution in [2.24, 2.45) is 11.8 Å². The van der Waals surface area contributed by atoms with E-state index in [1.165, 1.54) is 12.1 Å². The van der Waals surface area contributed by atoms with Gasteiger partial charge in [0.2, 0.25) is 0 Å². The molecule has 2 N–H and O–H groups in total. The minimum absolute atomic E-state index is 0.0182. The van der Waals surface area contributed by atoms with Gasteiger partial charge in [-0.05, 0) is 24.1 Å². The average Bonchev–Trinajstić information content (AvgIpc) is 2.83. The van der Waals surface area contributed by atoms with Crippen LogP contribution in [0.3, 0.4) is 0 Å². The lowest BCUT2D eigenvalue weighted by Crippen LogP contribution is -2.29. The molecule has 7 heteroatoms. The highest BCUT2D eigenvalue weighted by molar-refractivity contribution is 5.73. The number of nitro groups is 1. The average molecular weight is 265 g/mol. The summed E-state index contributed by atoms with van der Waals surface area (Å²) in [4.78, 5) is 21.7. The van der Waals surface area contributed by atoms with Gasteiger partial charge in [-0.2, -0.15) is 0 Å². The zero-order chi connectivity index (χ0) is 13.8. The van der Waals surface area contributed by atoms with Crippen LogP contribution in [0.2, 0.25) is 0 Å². The molecule has 1 saturated heterocycles. The number of rotatable bonds is 4. The first kappa shape index (κ1) is 13.4. The predicted octanol–water partition coefficient (Wildman–Crippen LogP) is 0.834. The van der Waals surface area contributed by atoms with Gasteiger partial charge in [-0.25, -0.2) is 5.01 Å². The highest BCUT2D eigenvalue weighted by Crippen LogP contribution is 2.17. The predicted molar refractivity (Wildman–Crippen MR) is 66.8 cm³/mol. The number of non-ortho nitro benzene ring substituents is 1. The fourth-order valence-corrected chi connectivity index (χ4v) is 1.97. The van der Waals surface area contributed by atoms with Gasteiger partial charge in [0.15, 0.2) is 0 Å². The topological polar surface area (TPSA) is 98.7 Å². The fraction of sp³-hybridized carbons (Fsp3) is 0.417. The largest absolute Gasteiger partial charge is 0.461 e. The van der Waals surface area contributed by atoms with Crippen molar-refractivity contribution in [1.82, 2.24) is 5.01 Å². The van der Waals surface area contributed by atoms with Crippen LogP contribution in [-0.4, -0.2) is 29.0 Å². The van der Waals surface area contributed by atoms with E-state index in [0.717, 1.165) is 5.56 Å². The van der Waals surface area contributed by atoms with Gasteiger partial charge >= 0.3 is 5.97 Å². The Bertz CT molecular complexity index is 474. The third-order valence-corrected chi connectivity index (χ3v) is 3.08. The van der Waals surface area contributed by atoms with E-state index in [-0.39, 0.29) is 24.2 Å². The SMILES string of the molecule is NN1CC[C@H](C(=O)OCc2ccc([N+](=O)[O-])cc2)C1. The van der Waals surface area contributed by atoms with E-state index in [9.17, 15) is 14.9 Å². The monoisotopic (exact) mass is 265 g/mol. The van der Waals surface area contributed by atoms with Crippen LogP contribution in [0.15, 0.2) is 24.3 Å². The Morgan fingerprint density at radius 1 is 1.47 bits per heavy atom. The number of ether oxygens (including phenoxy) is 1. The summed E-state index contributed by atoms with van der Waals surface area (Å²) in [5.41, 5.74) is 0.742. The molecule has 0 saturated carbocycles. The standard InChI is InChI=1S/C12H15N3O4/c13-14-6-5-10(7-14)12(16)19-8-9-1-3-11(4-2-9)15(17)18/h1-4,10H,5-8,13H2/t10-/m0/s1. The lowest BCUT2D eigenvalue weighted by atomic mass is 10.1. The van der Waals surface area contributed by atoms with Gasteiger partial charge in [0.25, 0.3) is 5.69 Å². The van der Waals surface area contributed by atoms with Crippen molar-refractivity contribution < 1.29 is 14.5 Å². The van der Waals surface area contributed by atoms with Crippen LogP contribution in [0.1, 0.15) is 12.0 Å². The van der Waals surface area contributed by atoms with Crippen molar-refractivity contribution in [3.05, 3.63) is 39.9 Å². The molecule has 102 valence electrons. The zero-order valence-corrected chi connectivity index (χ0v) is 10.3. The zero-order valence-electron chi connectivity index (χ0n) is 10.3. The Morgan fingerprint density at radius 3 is 2.68 bits per heavy atom. The number of esters is 1. The van der Waals surface area contributed by atoms with Crippen molar-refractivity contribution in [2.75, 3.05) is 13.1 Å². The van der Waals surface area contributed by atoms with Crippen LogP contribution in [0.25, 0.3) is 0 Å². The van der Waals surface area contributed by atoms with Gasteiger partial charge in [-0.3, -0.25) is 20.8 Å². The number of benzene rings is 1. The van der Waals surface area contributed by atoms with Crippen LogP contribution < -0.4 is 5.84 Å². The minimum Gasteiger partial charge on any atom is -0.461 e. The quantitative estimate of drug-likeness (QED) is 0.375. The fourth-order valence-electron chi connectivity index (χ4n) is 1.97.